The number of fused-ring (bicyclic) bond motifs is 2. The number of allylic oxidation sites excluding steroid dienone is 4. The molecule has 4 heteroatoms. The normalized spacial score (nSPS) is 21.1. The second-order valence-corrected chi connectivity index (χ2v) is 9.71. The van der Waals surface area contributed by atoms with E-state index in [1.807, 2.05) is 13.8 Å². The first-order valence-corrected chi connectivity index (χ1v) is 13.6. The molecule has 1 N–H and O–H groups in total. The van der Waals surface area contributed by atoms with Crippen molar-refractivity contribution in [3.8, 4) is 0 Å². The quantitative estimate of drug-likeness (QED) is 0.445. The highest BCUT2D eigenvalue weighted by atomic mass is 19.1. The zero-order valence-corrected chi connectivity index (χ0v) is 21.8. The summed E-state index contributed by atoms with van der Waals surface area (Å²) in [5, 5.41) is 6.19. The van der Waals surface area contributed by atoms with Crippen molar-refractivity contribution in [3.05, 3.63) is 71.5 Å². The lowest BCUT2D eigenvalue weighted by Crippen LogP contribution is -2.36. The Balaban J connectivity index is 0.00000117. The molecule has 2 aliphatic heterocycles. The van der Waals surface area contributed by atoms with E-state index in [1.165, 1.54) is 65.5 Å². The van der Waals surface area contributed by atoms with Gasteiger partial charge in [-0.25, -0.2) is 4.39 Å². The summed E-state index contributed by atoms with van der Waals surface area (Å²) >= 11 is 0. The van der Waals surface area contributed by atoms with Gasteiger partial charge in [0.15, 0.2) is 0 Å². The number of hydrogen-bond acceptors (Lipinski definition) is 3. The van der Waals surface area contributed by atoms with Crippen molar-refractivity contribution in [2.24, 2.45) is 5.92 Å². The summed E-state index contributed by atoms with van der Waals surface area (Å²) in [4.78, 5) is 4.81. The van der Waals surface area contributed by atoms with Crippen molar-refractivity contribution in [3.63, 3.8) is 0 Å². The van der Waals surface area contributed by atoms with Crippen LogP contribution in [-0.2, 0) is 0 Å². The number of hydrogen-bond donors (Lipinski definition) is 1. The maximum absolute atomic E-state index is 12.9. The average molecular weight is 478 g/mol. The van der Waals surface area contributed by atoms with E-state index >= 15 is 0 Å². The molecule has 1 unspecified atom stereocenters. The van der Waals surface area contributed by atoms with Gasteiger partial charge < -0.3 is 5.32 Å². The molecule has 2 fully saturated rings. The van der Waals surface area contributed by atoms with Crippen LogP contribution in [0.4, 0.5) is 10.1 Å². The molecule has 3 nitrogen and oxygen atoms in total. The Morgan fingerprint density at radius 3 is 2.60 bits per heavy atom. The lowest BCUT2D eigenvalue weighted by molar-refractivity contribution is 0.229. The van der Waals surface area contributed by atoms with Crippen molar-refractivity contribution in [2.45, 2.75) is 46.5 Å². The zero-order valence-electron chi connectivity index (χ0n) is 21.8. The summed E-state index contributed by atoms with van der Waals surface area (Å²) < 4.78 is 12.9. The third-order valence-corrected chi connectivity index (χ3v) is 7.49. The van der Waals surface area contributed by atoms with Crippen LogP contribution in [-0.4, -0.2) is 55.7 Å². The number of alkyl halides is 1. The highest BCUT2D eigenvalue weighted by Gasteiger charge is 2.27. The molecule has 2 aromatic carbocycles. The highest BCUT2D eigenvalue weighted by Crippen LogP contribution is 2.38. The number of likely N-dealkylation sites (tertiary alicyclic amines) is 2. The van der Waals surface area contributed by atoms with Gasteiger partial charge >= 0.3 is 0 Å². The van der Waals surface area contributed by atoms with Crippen LogP contribution in [0.15, 0.2) is 65.9 Å². The summed E-state index contributed by atoms with van der Waals surface area (Å²) in [7, 11) is 0. The Kier molecular flexibility index (Phi) is 9.17. The van der Waals surface area contributed by atoms with Gasteiger partial charge in [0.05, 0.1) is 0 Å². The van der Waals surface area contributed by atoms with E-state index in [1.54, 1.807) is 0 Å². The number of rotatable bonds is 7. The van der Waals surface area contributed by atoms with Crippen molar-refractivity contribution >= 4 is 22.0 Å². The Bertz CT molecular complexity index is 1080. The SMILES string of the molecule is C/C=C(/CN1CCCCC1)Nc1ccc2ccc(C3=C4CN(CCF)CCC4C=C3)cc2c1.CC.[HH]. The maximum Gasteiger partial charge on any atom is 0.102 e. The number of nitrogens with zero attached hydrogens (tertiary/aromatic N) is 2. The van der Waals surface area contributed by atoms with Crippen LogP contribution in [0.25, 0.3) is 16.3 Å². The fourth-order valence-corrected chi connectivity index (χ4v) is 5.58. The molecule has 0 saturated carbocycles. The Morgan fingerprint density at radius 1 is 1.03 bits per heavy atom. The van der Waals surface area contributed by atoms with Crippen LogP contribution in [0.5, 0.6) is 0 Å². The van der Waals surface area contributed by atoms with E-state index < -0.39 is 0 Å². The van der Waals surface area contributed by atoms with Crippen molar-refractivity contribution in [1.82, 2.24) is 9.80 Å². The number of nitrogens with one attached hydrogen (secondary N) is 1. The largest absolute Gasteiger partial charge is 0.358 e. The summed E-state index contributed by atoms with van der Waals surface area (Å²) in [6, 6.07) is 13.5. The number of halogens is 1. The van der Waals surface area contributed by atoms with E-state index in [4.69, 9.17) is 0 Å². The predicted octanol–water partition coefficient (Wildman–Crippen LogP) is 7.53. The molecule has 35 heavy (non-hydrogen) atoms. The predicted molar refractivity (Wildman–Crippen MR) is 152 cm³/mol. The molecule has 190 valence electrons. The van der Waals surface area contributed by atoms with Crippen molar-refractivity contribution in [1.29, 1.82) is 0 Å². The van der Waals surface area contributed by atoms with Gasteiger partial charge in [0.25, 0.3) is 0 Å². The van der Waals surface area contributed by atoms with E-state index in [9.17, 15) is 4.39 Å². The van der Waals surface area contributed by atoms with Crippen molar-refractivity contribution < 1.29 is 5.82 Å². The minimum absolute atomic E-state index is 0. The minimum Gasteiger partial charge on any atom is -0.358 e. The standard InChI is InChI=1S/C29H36FN3.C2H6.H2/c1-2-26(20-32-14-4-3-5-15-32)31-27-10-8-22-6-7-24(18-25(22)19-27)28-11-9-23-12-16-33(17-13-30)21-29(23)28;1-2;/h2,6-11,18-19,23,31H,3-5,12-17,20-21H2,1H3;1-2H3;1H/b26-2-;;. The molecule has 0 bridgehead atoms. The van der Waals surface area contributed by atoms with Crippen molar-refractivity contribution in [2.75, 3.05) is 51.3 Å². The van der Waals surface area contributed by atoms with Crippen LogP contribution in [0, 0.1) is 5.92 Å². The summed E-state index contributed by atoms with van der Waals surface area (Å²) in [6.45, 7) is 11.7. The molecule has 2 aromatic rings. The second-order valence-electron chi connectivity index (χ2n) is 9.71. The van der Waals surface area contributed by atoms with Gasteiger partial charge in [-0.2, -0.15) is 0 Å². The van der Waals surface area contributed by atoms with Crippen LogP contribution in [0.1, 0.15) is 53.4 Å². The molecular formula is C31H44FN3. The topological polar surface area (TPSA) is 18.5 Å². The summed E-state index contributed by atoms with van der Waals surface area (Å²) in [5.41, 5.74) is 6.49. The molecule has 1 atom stereocenters. The lowest BCUT2D eigenvalue weighted by atomic mass is 9.90. The zero-order chi connectivity index (χ0) is 24.6. The lowest BCUT2D eigenvalue weighted by Gasteiger charge is -2.31. The molecule has 0 aromatic heterocycles. The molecule has 1 aliphatic carbocycles. The smallest absolute Gasteiger partial charge is 0.102 e. The molecule has 5 rings (SSSR count). The molecule has 3 aliphatic rings. The monoisotopic (exact) mass is 477 g/mol. The van der Waals surface area contributed by atoms with Gasteiger partial charge in [-0.1, -0.05) is 56.7 Å². The van der Waals surface area contributed by atoms with Gasteiger partial charge in [0.2, 0.25) is 0 Å². The summed E-state index contributed by atoms with van der Waals surface area (Å²) in [5.74, 6) is 0.520. The summed E-state index contributed by atoms with van der Waals surface area (Å²) in [6.07, 6.45) is 11.9. The van der Waals surface area contributed by atoms with Crippen LogP contribution >= 0.6 is 0 Å². The van der Waals surface area contributed by atoms with Crippen LogP contribution in [0.3, 0.4) is 0 Å². The minimum atomic E-state index is -0.265. The van der Waals surface area contributed by atoms with Gasteiger partial charge in [-0.15, -0.1) is 0 Å². The fraction of sp³-hybridized carbons (Fsp3) is 0.484. The first-order chi connectivity index (χ1) is 17.2. The molecule has 0 radical (unpaired) electrons. The Hall–Kier alpha value is -2.43. The Labute approximate surface area is 212 Å². The van der Waals surface area contributed by atoms with Gasteiger partial charge in [0.1, 0.15) is 6.67 Å². The van der Waals surface area contributed by atoms with E-state index in [0.29, 0.717) is 12.5 Å². The van der Waals surface area contributed by atoms with Gasteiger partial charge in [-0.3, -0.25) is 9.80 Å². The maximum atomic E-state index is 12.9. The molecule has 2 saturated heterocycles. The number of piperidine rings is 2. The van der Waals surface area contributed by atoms with E-state index in [2.05, 4.69) is 76.7 Å². The molecule has 2 heterocycles. The van der Waals surface area contributed by atoms with E-state index in [-0.39, 0.29) is 8.10 Å². The van der Waals surface area contributed by atoms with Crippen LogP contribution in [0.2, 0.25) is 0 Å². The fourth-order valence-electron chi connectivity index (χ4n) is 5.58. The van der Waals surface area contributed by atoms with Gasteiger partial charge in [0, 0.05) is 38.4 Å². The molecule has 0 spiro atoms. The third-order valence-electron chi connectivity index (χ3n) is 7.49. The average Bonchev–Trinajstić information content (AvgIpc) is 3.33. The Morgan fingerprint density at radius 2 is 1.83 bits per heavy atom. The van der Waals surface area contributed by atoms with Gasteiger partial charge in [-0.05, 0) is 91.5 Å². The molecule has 0 amide bonds. The second kappa shape index (κ2) is 12.5. The van der Waals surface area contributed by atoms with E-state index in [0.717, 1.165) is 31.7 Å². The number of anilines is 1. The number of benzene rings is 2. The first-order valence-electron chi connectivity index (χ1n) is 13.6. The third kappa shape index (κ3) is 6.23. The molecular weight excluding hydrogens is 433 g/mol. The van der Waals surface area contributed by atoms with Crippen LogP contribution < -0.4 is 5.32 Å². The highest BCUT2D eigenvalue weighted by molar-refractivity contribution is 5.91. The first kappa shape index (κ1) is 25.7.